The van der Waals surface area contributed by atoms with Crippen LogP contribution in [0.5, 0.6) is 0 Å². The molecule has 0 atom stereocenters. The average Bonchev–Trinajstić information content (AvgIpc) is 2.57. The van der Waals surface area contributed by atoms with Crippen LogP contribution in [0.25, 0.3) is 10.2 Å². The van der Waals surface area contributed by atoms with Gasteiger partial charge in [-0.05, 0) is 35.0 Å². The van der Waals surface area contributed by atoms with Gasteiger partial charge in [0.25, 0.3) is 0 Å². The maximum atomic E-state index is 5.91. The topological polar surface area (TPSA) is 12.9 Å². The monoisotopic (exact) mass is 291 g/mol. The zero-order valence-electron chi connectivity index (χ0n) is 8.27. The molecule has 4 heteroatoms. The minimum atomic E-state index is 0.716. The van der Waals surface area contributed by atoms with E-state index in [1.165, 1.54) is 4.70 Å². The molecule has 0 saturated heterocycles. The lowest BCUT2D eigenvalue weighted by Gasteiger charge is -1.94. The number of halogens is 2. The first kappa shape index (κ1) is 12.0. The fraction of sp³-hybridized carbons (Fsp3) is 0.300. The van der Waals surface area contributed by atoms with E-state index < -0.39 is 0 Å². The molecule has 0 aliphatic carbocycles. The third-order valence-electron chi connectivity index (χ3n) is 1.56. The minimum absolute atomic E-state index is 0.716. The van der Waals surface area contributed by atoms with E-state index in [1.807, 2.05) is 32.9 Å². The van der Waals surface area contributed by atoms with Gasteiger partial charge in [-0.3, -0.25) is 0 Å². The van der Waals surface area contributed by atoms with E-state index in [4.69, 9.17) is 11.6 Å². The Morgan fingerprint density at radius 3 is 2.64 bits per heavy atom. The summed E-state index contributed by atoms with van der Waals surface area (Å²) in [5.74, 6) is 0. The summed E-state index contributed by atoms with van der Waals surface area (Å²) in [5, 5.41) is 1.78. The third-order valence-corrected chi connectivity index (χ3v) is 3.84. The highest BCUT2D eigenvalue weighted by Gasteiger charge is 2.06. The first-order chi connectivity index (χ1) is 6.68. The molecule has 0 fully saturated rings. The molecule has 1 aromatic carbocycles. The van der Waals surface area contributed by atoms with Gasteiger partial charge in [-0.2, -0.15) is 0 Å². The van der Waals surface area contributed by atoms with Crippen LogP contribution in [-0.2, 0) is 0 Å². The lowest BCUT2D eigenvalue weighted by molar-refractivity contribution is 1.34. The molecule has 0 amide bonds. The molecule has 14 heavy (non-hydrogen) atoms. The molecular weight excluding hydrogens is 282 g/mol. The largest absolute Gasteiger partial charge is 0.240 e. The van der Waals surface area contributed by atoms with Gasteiger partial charge in [0.05, 0.1) is 24.7 Å². The summed E-state index contributed by atoms with van der Waals surface area (Å²) in [7, 11) is 0. The second-order valence-electron chi connectivity index (χ2n) is 2.44. The Hall–Kier alpha value is -0.120. The predicted octanol–water partition coefficient (Wildman–Crippen LogP) is 5.05. The molecule has 1 heterocycles. The molecule has 1 nitrogen and oxygen atoms in total. The van der Waals surface area contributed by atoms with Crippen LogP contribution in [0.2, 0.25) is 5.02 Å². The van der Waals surface area contributed by atoms with Crippen LogP contribution in [0.15, 0.2) is 16.6 Å². The van der Waals surface area contributed by atoms with Crippen molar-refractivity contribution >= 4 is 49.1 Å². The zero-order valence-corrected chi connectivity index (χ0v) is 11.4. The van der Waals surface area contributed by atoms with E-state index in [1.54, 1.807) is 11.3 Å². The normalized spacial score (nSPS) is 9.79. The van der Waals surface area contributed by atoms with Crippen molar-refractivity contribution in [3.05, 3.63) is 26.6 Å². The number of nitrogens with zero attached hydrogens (tertiary/aromatic N) is 1. The Kier molecular flexibility index (Phi) is 4.35. The first-order valence-electron chi connectivity index (χ1n) is 4.39. The van der Waals surface area contributed by atoms with Gasteiger partial charge in [0.1, 0.15) is 0 Å². The highest BCUT2D eigenvalue weighted by atomic mass is 79.9. The van der Waals surface area contributed by atoms with Gasteiger partial charge < -0.3 is 0 Å². The van der Waals surface area contributed by atoms with Crippen LogP contribution in [-0.4, -0.2) is 4.98 Å². The molecule has 76 valence electrons. The highest BCUT2D eigenvalue weighted by molar-refractivity contribution is 9.10. The van der Waals surface area contributed by atoms with E-state index >= 15 is 0 Å². The van der Waals surface area contributed by atoms with Crippen molar-refractivity contribution in [1.82, 2.24) is 4.98 Å². The van der Waals surface area contributed by atoms with E-state index in [-0.39, 0.29) is 0 Å². The molecule has 0 bridgehead atoms. The minimum Gasteiger partial charge on any atom is -0.240 e. The van der Waals surface area contributed by atoms with Gasteiger partial charge in [-0.1, -0.05) is 25.4 Å². The number of benzene rings is 1. The molecule has 0 radical (unpaired) electrons. The lowest BCUT2D eigenvalue weighted by Crippen LogP contribution is -1.73. The van der Waals surface area contributed by atoms with Crippen LogP contribution < -0.4 is 0 Å². The predicted molar refractivity (Wildman–Crippen MR) is 68.4 cm³/mol. The van der Waals surface area contributed by atoms with Gasteiger partial charge in [-0.15, -0.1) is 11.3 Å². The molecule has 0 aliphatic heterocycles. The SMILES string of the molecule is CC.Cc1nc2c(Br)c(Cl)ccc2s1. The van der Waals surface area contributed by atoms with E-state index in [9.17, 15) is 0 Å². The van der Waals surface area contributed by atoms with Gasteiger partial charge >= 0.3 is 0 Å². The second kappa shape index (κ2) is 5.10. The van der Waals surface area contributed by atoms with Gasteiger partial charge in [0, 0.05) is 0 Å². The standard InChI is InChI=1S/C8H5BrClNS.C2H6/c1-4-11-8-6(12-4)3-2-5(10)7(8)9;1-2/h2-3H,1H3;1-2H3. The summed E-state index contributed by atoms with van der Waals surface area (Å²) in [6.45, 7) is 5.99. The second-order valence-corrected chi connectivity index (χ2v) is 4.88. The summed E-state index contributed by atoms with van der Waals surface area (Å²) < 4.78 is 2.06. The van der Waals surface area contributed by atoms with E-state index in [0.29, 0.717) is 5.02 Å². The Bertz CT molecular complexity index is 439. The van der Waals surface area contributed by atoms with Crippen molar-refractivity contribution < 1.29 is 0 Å². The number of aromatic nitrogens is 1. The molecule has 1 aromatic heterocycles. The molecular formula is C10H11BrClNS. The van der Waals surface area contributed by atoms with Crippen molar-refractivity contribution in [2.45, 2.75) is 20.8 Å². The Balaban J connectivity index is 0.000000461. The summed E-state index contributed by atoms with van der Waals surface area (Å²) >= 11 is 11.0. The number of hydrogen-bond donors (Lipinski definition) is 0. The highest BCUT2D eigenvalue weighted by Crippen LogP contribution is 2.33. The number of fused-ring (bicyclic) bond motifs is 1. The Labute approximate surface area is 101 Å². The number of rotatable bonds is 0. The fourth-order valence-corrected chi connectivity index (χ4v) is 2.60. The molecule has 0 unspecified atom stereocenters. The number of aryl methyl sites for hydroxylation is 1. The van der Waals surface area contributed by atoms with Crippen molar-refractivity contribution in [3.63, 3.8) is 0 Å². The lowest BCUT2D eigenvalue weighted by atomic mass is 10.3. The molecule has 0 aliphatic rings. The van der Waals surface area contributed by atoms with Gasteiger partial charge in [0.2, 0.25) is 0 Å². The fourth-order valence-electron chi connectivity index (χ4n) is 1.05. The van der Waals surface area contributed by atoms with Crippen molar-refractivity contribution in [3.8, 4) is 0 Å². The maximum Gasteiger partial charge on any atom is 0.0972 e. The first-order valence-corrected chi connectivity index (χ1v) is 6.38. The van der Waals surface area contributed by atoms with Gasteiger partial charge in [0.15, 0.2) is 0 Å². The van der Waals surface area contributed by atoms with E-state index in [2.05, 4.69) is 20.9 Å². The van der Waals surface area contributed by atoms with Crippen molar-refractivity contribution in [2.75, 3.05) is 0 Å². The molecule has 0 saturated carbocycles. The number of thiazole rings is 1. The van der Waals surface area contributed by atoms with Crippen molar-refractivity contribution in [1.29, 1.82) is 0 Å². The molecule has 2 aromatic rings. The molecule has 0 N–H and O–H groups in total. The maximum absolute atomic E-state index is 5.91. The summed E-state index contributed by atoms with van der Waals surface area (Å²) in [5.41, 5.74) is 0.963. The zero-order chi connectivity index (χ0) is 10.7. The number of hydrogen-bond acceptors (Lipinski definition) is 2. The van der Waals surface area contributed by atoms with Crippen LogP contribution in [0.3, 0.4) is 0 Å². The smallest absolute Gasteiger partial charge is 0.0972 e. The Morgan fingerprint density at radius 2 is 2.00 bits per heavy atom. The van der Waals surface area contributed by atoms with Crippen molar-refractivity contribution in [2.24, 2.45) is 0 Å². The van der Waals surface area contributed by atoms with E-state index in [0.717, 1.165) is 15.0 Å². The molecule has 0 spiro atoms. The Morgan fingerprint density at radius 1 is 1.36 bits per heavy atom. The summed E-state index contributed by atoms with van der Waals surface area (Å²) in [6.07, 6.45) is 0. The molecule has 2 rings (SSSR count). The van der Waals surface area contributed by atoms with Crippen LogP contribution in [0, 0.1) is 6.92 Å². The van der Waals surface area contributed by atoms with Crippen LogP contribution in [0.4, 0.5) is 0 Å². The van der Waals surface area contributed by atoms with Crippen LogP contribution in [0.1, 0.15) is 18.9 Å². The quantitative estimate of drug-likeness (QED) is 0.662. The average molecular weight is 293 g/mol. The van der Waals surface area contributed by atoms with Crippen LogP contribution >= 0.6 is 38.9 Å². The summed E-state index contributed by atoms with van der Waals surface area (Å²) in [6, 6.07) is 3.87. The third kappa shape index (κ3) is 2.27. The van der Waals surface area contributed by atoms with Gasteiger partial charge in [-0.25, -0.2) is 4.98 Å². The summed E-state index contributed by atoms with van der Waals surface area (Å²) in [4.78, 5) is 4.36.